The van der Waals surface area contributed by atoms with Crippen molar-refractivity contribution < 1.29 is 4.74 Å². The summed E-state index contributed by atoms with van der Waals surface area (Å²) >= 11 is 0. The molecule has 1 atom stereocenters. The lowest BCUT2D eigenvalue weighted by molar-refractivity contribution is 0.142. The molecule has 0 aliphatic carbocycles. The molecule has 0 aromatic rings. The molecule has 0 rings (SSSR count). The lowest BCUT2D eigenvalue weighted by Gasteiger charge is -2.14. The van der Waals surface area contributed by atoms with Crippen LogP contribution >= 0.6 is 0 Å². The van der Waals surface area contributed by atoms with Gasteiger partial charge in [0.1, 0.15) is 0 Å². The van der Waals surface area contributed by atoms with Gasteiger partial charge in [0.25, 0.3) is 0 Å². The van der Waals surface area contributed by atoms with Crippen molar-refractivity contribution in [1.82, 2.24) is 0 Å². The highest BCUT2D eigenvalue weighted by Crippen LogP contribution is 2.08. The van der Waals surface area contributed by atoms with Gasteiger partial charge >= 0.3 is 0 Å². The van der Waals surface area contributed by atoms with E-state index < -0.39 is 0 Å². The Labute approximate surface area is 82.8 Å². The van der Waals surface area contributed by atoms with Crippen LogP contribution in [-0.4, -0.2) is 19.3 Å². The third kappa shape index (κ3) is 8.26. The number of nitrogens with two attached hydrogens (primary N) is 1. The van der Waals surface area contributed by atoms with Gasteiger partial charge in [-0.2, -0.15) is 0 Å². The van der Waals surface area contributed by atoms with Crippen LogP contribution in [0.15, 0.2) is 0 Å². The van der Waals surface area contributed by atoms with Crippen LogP contribution in [0.5, 0.6) is 0 Å². The van der Waals surface area contributed by atoms with Gasteiger partial charge in [0.05, 0.1) is 0 Å². The van der Waals surface area contributed by atoms with Gasteiger partial charge in [0.15, 0.2) is 0 Å². The Morgan fingerprint density at radius 1 is 1.15 bits per heavy atom. The van der Waals surface area contributed by atoms with E-state index in [9.17, 15) is 0 Å². The fourth-order valence-electron chi connectivity index (χ4n) is 1.24. The molecule has 0 aromatic carbocycles. The molecule has 0 bridgehead atoms. The second kappa shape index (κ2) is 8.52. The number of hydrogen-bond acceptors (Lipinski definition) is 2. The van der Waals surface area contributed by atoms with Crippen molar-refractivity contribution in [3.8, 4) is 0 Å². The smallest absolute Gasteiger partial charge is 0.0465 e. The summed E-state index contributed by atoms with van der Waals surface area (Å²) in [6.07, 6.45) is 4.83. The number of unbranched alkanes of at least 4 members (excludes halogenated alkanes) is 2. The average Bonchev–Trinajstić information content (AvgIpc) is 2.10. The molecule has 80 valence electrons. The molecule has 0 heterocycles. The topological polar surface area (TPSA) is 35.2 Å². The van der Waals surface area contributed by atoms with Crippen LogP contribution in [-0.2, 0) is 4.74 Å². The summed E-state index contributed by atoms with van der Waals surface area (Å²) in [7, 11) is 0. The standard InChI is InChI=1S/C11H25NO/c1-4-13-9-7-5-6-8-11(12)10(2)3/h10-11H,4-9,12H2,1-3H3. The Bertz CT molecular complexity index is 104. The second-order valence-electron chi connectivity index (χ2n) is 3.95. The van der Waals surface area contributed by atoms with Gasteiger partial charge in [0, 0.05) is 19.3 Å². The van der Waals surface area contributed by atoms with E-state index >= 15 is 0 Å². The summed E-state index contributed by atoms with van der Waals surface area (Å²) in [6.45, 7) is 8.16. The molecule has 0 aromatic heterocycles. The fourth-order valence-corrected chi connectivity index (χ4v) is 1.24. The summed E-state index contributed by atoms with van der Waals surface area (Å²) in [5.74, 6) is 0.617. The lowest BCUT2D eigenvalue weighted by atomic mass is 9.99. The predicted molar refractivity (Wildman–Crippen MR) is 57.8 cm³/mol. The van der Waals surface area contributed by atoms with Crippen molar-refractivity contribution in [3.05, 3.63) is 0 Å². The largest absolute Gasteiger partial charge is 0.382 e. The van der Waals surface area contributed by atoms with Gasteiger partial charge in [-0.05, 0) is 25.7 Å². The monoisotopic (exact) mass is 187 g/mol. The van der Waals surface area contributed by atoms with E-state index in [1.54, 1.807) is 0 Å². The first-order valence-electron chi connectivity index (χ1n) is 5.51. The minimum atomic E-state index is 0.382. The maximum atomic E-state index is 5.93. The van der Waals surface area contributed by atoms with E-state index in [1.807, 2.05) is 6.92 Å². The Kier molecular flexibility index (Phi) is 8.46. The normalized spacial score (nSPS) is 13.6. The van der Waals surface area contributed by atoms with Crippen LogP contribution in [0, 0.1) is 5.92 Å². The van der Waals surface area contributed by atoms with Gasteiger partial charge in [0.2, 0.25) is 0 Å². The Balaban J connectivity index is 3.07. The molecule has 0 saturated carbocycles. The molecular weight excluding hydrogens is 162 g/mol. The van der Waals surface area contributed by atoms with Crippen LogP contribution in [0.2, 0.25) is 0 Å². The van der Waals surface area contributed by atoms with Gasteiger partial charge in [-0.25, -0.2) is 0 Å². The second-order valence-corrected chi connectivity index (χ2v) is 3.95. The Hall–Kier alpha value is -0.0800. The van der Waals surface area contributed by atoms with E-state index in [2.05, 4.69) is 13.8 Å². The highest BCUT2D eigenvalue weighted by molar-refractivity contribution is 4.64. The van der Waals surface area contributed by atoms with Gasteiger partial charge in [-0.1, -0.05) is 26.7 Å². The first-order chi connectivity index (χ1) is 6.18. The zero-order chi connectivity index (χ0) is 10.1. The molecular formula is C11H25NO. The van der Waals surface area contributed by atoms with Crippen LogP contribution in [0.1, 0.15) is 46.5 Å². The van der Waals surface area contributed by atoms with Gasteiger partial charge < -0.3 is 10.5 Å². The summed E-state index contributed by atoms with van der Waals surface area (Å²) in [5, 5.41) is 0. The quantitative estimate of drug-likeness (QED) is 0.593. The van der Waals surface area contributed by atoms with Crippen LogP contribution < -0.4 is 5.73 Å². The molecule has 0 aliphatic heterocycles. The molecule has 2 heteroatoms. The maximum absolute atomic E-state index is 5.93. The predicted octanol–water partition coefficient (Wildman–Crippen LogP) is 2.57. The third-order valence-electron chi connectivity index (χ3n) is 2.39. The summed E-state index contributed by atoms with van der Waals surface area (Å²) in [4.78, 5) is 0. The molecule has 0 amide bonds. The van der Waals surface area contributed by atoms with E-state index in [4.69, 9.17) is 10.5 Å². The minimum Gasteiger partial charge on any atom is -0.382 e. The molecule has 2 nitrogen and oxygen atoms in total. The Morgan fingerprint density at radius 3 is 2.38 bits per heavy atom. The van der Waals surface area contributed by atoms with Gasteiger partial charge in [-0.3, -0.25) is 0 Å². The molecule has 0 saturated heterocycles. The Morgan fingerprint density at radius 2 is 1.85 bits per heavy atom. The van der Waals surface area contributed by atoms with E-state index in [1.165, 1.54) is 19.3 Å². The highest BCUT2D eigenvalue weighted by atomic mass is 16.5. The number of ether oxygens (including phenoxy) is 1. The molecule has 0 fully saturated rings. The van der Waals surface area contributed by atoms with Crippen LogP contribution in [0.25, 0.3) is 0 Å². The van der Waals surface area contributed by atoms with E-state index in [0.29, 0.717) is 12.0 Å². The summed E-state index contributed by atoms with van der Waals surface area (Å²) in [6, 6.07) is 0.382. The molecule has 0 spiro atoms. The lowest BCUT2D eigenvalue weighted by Crippen LogP contribution is -2.25. The first kappa shape index (κ1) is 12.9. The summed E-state index contributed by atoms with van der Waals surface area (Å²) in [5.41, 5.74) is 5.93. The van der Waals surface area contributed by atoms with Crippen molar-refractivity contribution in [2.45, 2.75) is 52.5 Å². The zero-order valence-electron chi connectivity index (χ0n) is 9.38. The molecule has 0 radical (unpaired) electrons. The zero-order valence-corrected chi connectivity index (χ0v) is 9.38. The third-order valence-corrected chi connectivity index (χ3v) is 2.39. The number of rotatable bonds is 8. The minimum absolute atomic E-state index is 0.382. The SMILES string of the molecule is CCOCCCCCC(N)C(C)C. The van der Waals surface area contributed by atoms with E-state index in [0.717, 1.165) is 19.6 Å². The van der Waals surface area contributed by atoms with Crippen molar-refractivity contribution >= 4 is 0 Å². The van der Waals surface area contributed by atoms with Crippen LogP contribution in [0.3, 0.4) is 0 Å². The molecule has 2 N–H and O–H groups in total. The van der Waals surface area contributed by atoms with Crippen molar-refractivity contribution in [2.75, 3.05) is 13.2 Å². The maximum Gasteiger partial charge on any atom is 0.0465 e. The molecule has 13 heavy (non-hydrogen) atoms. The average molecular weight is 187 g/mol. The molecule has 1 unspecified atom stereocenters. The van der Waals surface area contributed by atoms with Crippen molar-refractivity contribution in [2.24, 2.45) is 11.7 Å². The van der Waals surface area contributed by atoms with E-state index in [-0.39, 0.29) is 0 Å². The number of hydrogen-bond donors (Lipinski definition) is 1. The van der Waals surface area contributed by atoms with Crippen LogP contribution in [0.4, 0.5) is 0 Å². The van der Waals surface area contributed by atoms with Crippen molar-refractivity contribution in [3.63, 3.8) is 0 Å². The van der Waals surface area contributed by atoms with Gasteiger partial charge in [-0.15, -0.1) is 0 Å². The van der Waals surface area contributed by atoms with Crippen molar-refractivity contribution in [1.29, 1.82) is 0 Å². The highest BCUT2D eigenvalue weighted by Gasteiger charge is 2.05. The fraction of sp³-hybridized carbons (Fsp3) is 1.00. The summed E-state index contributed by atoms with van der Waals surface area (Å²) < 4.78 is 5.26. The molecule has 0 aliphatic rings. The first-order valence-corrected chi connectivity index (χ1v) is 5.51.